The van der Waals surface area contributed by atoms with E-state index in [1.807, 2.05) is 42.3 Å². The van der Waals surface area contributed by atoms with Crippen LogP contribution in [0.1, 0.15) is 29.6 Å². The Kier molecular flexibility index (Phi) is 4.47. The van der Waals surface area contributed by atoms with E-state index < -0.39 is 0 Å². The number of hydrogen-bond donors (Lipinski definition) is 2. The van der Waals surface area contributed by atoms with Crippen LogP contribution in [0.5, 0.6) is 0 Å². The van der Waals surface area contributed by atoms with E-state index in [1.165, 1.54) is 0 Å². The summed E-state index contributed by atoms with van der Waals surface area (Å²) in [5, 5.41) is 13.3. The molecule has 1 aromatic rings. The van der Waals surface area contributed by atoms with E-state index in [1.54, 1.807) is 0 Å². The van der Waals surface area contributed by atoms with Gasteiger partial charge in [0.05, 0.1) is 24.4 Å². The lowest BCUT2D eigenvalue weighted by Gasteiger charge is -2.47. The Balaban J connectivity index is 1.60. The molecule has 2 aliphatic heterocycles. The molecule has 0 bridgehead atoms. The molecular formula is C17H24N2O3. The van der Waals surface area contributed by atoms with Crippen LogP contribution < -0.4 is 5.32 Å². The standard InChI is InChI=1S/C17H24N2O3/c1-18-14-12-22-17(11-15(14)20)7-9-19(10-8-17)16(21)13-5-3-2-4-6-13/h2-6,14-15,18,20H,7-12H2,1H3/t14-,15-/m1/s1. The molecule has 2 heterocycles. The van der Waals surface area contributed by atoms with Gasteiger partial charge in [-0.05, 0) is 32.0 Å². The third-order valence-electron chi connectivity index (χ3n) is 4.97. The zero-order chi connectivity index (χ0) is 15.6. The smallest absolute Gasteiger partial charge is 0.253 e. The van der Waals surface area contributed by atoms with Gasteiger partial charge in [0.25, 0.3) is 5.91 Å². The van der Waals surface area contributed by atoms with Crippen molar-refractivity contribution < 1.29 is 14.6 Å². The largest absolute Gasteiger partial charge is 0.391 e. The van der Waals surface area contributed by atoms with E-state index in [2.05, 4.69) is 5.32 Å². The molecule has 5 nitrogen and oxygen atoms in total. The highest BCUT2D eigenvalue weighted by molar-refractivity contribution is 5.94. The van der Waals surface area contributed by atoms with Gasteiger partial charge in [-0.15, -0.1) is 0 Å². The molecule has 2 atom stereocenters. The number of rotatable bonds is 2. The number of aliphatic hydroxyl groups is 1. The summed E-state index contributed by atoms with van der Waals surface area (Å²) in [6.45, 7) is 1.90. The second-order valence-electron chi connectivity index (χ2n) is 6.32. The van der Waals surface area contributed by atoms with Gasteiger partial charge in [0.2, 0.25) is 0 Å². The molecule has 0 radical (unpaired) electrons. The number of nitrogens with zero attached hydrogens (tertiary/aromatic N) is 1. The quantitative estimate of drug-likeness (QED) is 0.857. The molecule has 120 valence electrons. The van der Waals surface area contributed by atoms with Crippen molar-refractivity contribution in [3.63, 3.8) is 0 Å². The molecular weight excluding hydrogens is 280 g/mol. The molecule has 1 spiro atoms. The van der Waals surface area contributed by atoms with Crippen molar-refractivity contribution in [3.05, 3.63) is 35.9 Å². The number of ether oxygens (including phenoxy) is 1. The first-order chi connectivity index (χ1) is 10.6. The van der Waals surface area contributed by atoms with Gasteiger partial charge in [-0.1, -0.05) is 18.2 Å². The summed E-state index contributed by atoms with van der Waals surface area (Å²) in [5.74, 6) is 0.0832. The van der Waals surface area contributed by atoms with Gasteiger partial charge in [-0.3, -0.25) is 4.79 Å². The van der Waals surface area contributed by atoms with E-state index >= 15 is 0 Å². The van der Waals surface area contributed by atoms with Crippen molar-refractivity contribution >= 4 is 5.91 Å². The maximum atomic E-state index is 12.5. The van der Waals surface area contributed by atoms with Crippen molar-refractivity contribution in [2.24, 2.45) is 0 Å². The molecule has 0 unspecified atom stereocenters. The number of aliphatic hydroxyl groups excluding tert-OH is 1. The molecule has 2 aliphatic rings. The number of nitrogens with one attached hydrogen (secondary N) is 1. The van der Waals surface area contributed by atoms with Gasteiger partial charge in [0.15, 0.2) is 0 Å². The Hall–Kier alpha value is -1.43. The van der Waals surface area contributed by atoms with Crippen LogP contribution in [0.2, 0.25) is 0 Å². The zero-order valence-electron chi connectivity index (χ0n) is 13.0. The number of likely N-dealkylation sites (tertiary alicyclic amines) is 1. The first-order valence-corrected chi connectivity index (χ1v) is 7.97. The molecule has 3 rings (SSSR count). The first-order valence-electron chi connectivity index (χ1n) is 7.97. The Morgan fingerprint density at radius 2 is 2.00 bits per heavy atom. The second kappa shape index (κ2) is 6.36. The SMILES string of the molecule is CN[C@@H]1COC2(CCN(C(=O)c3ccccc3)CC2)C[C@H]1O. The average molecular weight is 304 g/mol. The van der Waals surface area contributed by atoms with Crippen LogP contribution in [0.15, 0.2) is 30.3 Å². The molecule has 1 amide bonds. The fourth-order valence-electron chi connectivity index (χ4n) is 3.46. The van der Waals surface area contributed by atoms with Crippen LogP contribution in [-0.2, 0) is 4.74 Å². The van der Waals surface area contributed by atoms with Gasteiger partial charge in [0.1, 0.15) is 0 Å². The number of amides is 1. The number of hydrogen-bond acceptors (Lipinski definition) is 4. The van der Waals surface area contributed by atoms with E-state index in [9.17, 15) is 9.90 Å². The van der Waals surface area contributed by atoms with E-state index in [-0.39, 0.29) is 23.7 Å². The lowest BCUT2D eigenvalue weighted by Crippen LogP contribution is -2.57. The summed E-state index contributed by atoms with van der Waals surface area (Å²) >= 11 is 0. The number of carbonyl (C=O) groups excluding carboxylic acids is 1. The highest BCUT2D eigenvalue weighted by Gasteiger charge is 2.43. The van der Waals surface area contributed by atoms with Gasteiger partial charge < -0.3 is 20.1 Å². The Morgan fingerprint density at radius 3 is 2.59 bits per heavy atom. The van der Waals surface area contributed by atoms with Gasteiger partial charge in [-0.2, -0.15) is 0 Å². The summed E-state index contributed by atoms with van der Waals surface area (Å²) < 4.78 is 6.05. The van der Waals surface area contributed by atoms with Crippen molar-refractivity contribution in [2.75, 3.05) is 26.7 Å². The normalized spacial score (nSPS) is 27.8. The fourth-order valence-corrected chi connectivity index (χ4v) is 3.46. The third kappa shape index (κ3) is 3.02. The zero-order valence-corrected chi connectivity index (χ0v) is 13.0. The monoisotopic (exact) mass is 304 g/mol. The second-order valence-corrected chi connectivity index (χ2v) is 6.32. The van der Waals surface area contributed by atoms with Crippen LogP contribution in [0.4, 0.5) is 0 Å². The number of likely N-dealkylation sites (N-methyl/N-ethyl adjacent to an activating group) is 1. The van der Waals surface area contributed by atoms with Crippen LogP contribution in [-0.4, -0.2) is 60.4 Å². The summed E-state index contributed by atoms with van der Waals surface area (Å²) in [6.07, 6.45) is 1.85. The maximum absolute atomic E-state index is 12.5. The van der Waals surface area contributed by atoms with Gasteiger partial charge in [0, 0.05) is 25.1 Å². The van der Waals surface area contributed by atoms with Crippen LogP contribution in [0.3, 0.4) is 0 Å². The van der Waals surface area contributed by atoms with E-state index in [0.29, 0.717) is 26.1 Å². The lowest BCUT2D eigenvalue weighted by molar-refractivity contribution is -0.152. The van der Waals surface area contributed by atoms with E-state index in [0.717, 1.165) is 18.4 Å². The summed E-state index contributed by atoms with van der Waals surface area (Å²) in [4.78, 5) is 14.3. The number of benzene rings is 1. The molecule has 0 aliphatic carbocycles. The molecule has 2 N–H and O–H groups in total. The fraction of sp³-hybridized carbons (Fsp3) is 0.588. The van der Waals surface area contributed by atoms with Crippen LogP contribution in [0, 0.1) is 0 Å². The average Bonchev–Trinajstić information content (AvgIpc) is 2.56. The minimum atomic E-state index is -0.380. The minimum Gasteiger partial charge on any atom is -0.391 e. The topological polar surface area (TPSA) is 61.8 Å². The maximum Gasteiger partial charge on any atom is 0.253 e. The molecule has 1 aromatic carbocycles. The molecule has 5 heteroatoms. The number of carbonyl (C=O) groups is 1. The Morgan fingerprint density at radius 1 is 1.32 bits per heavy atom. The minimum absolute atomic E-state index is 0.00889. The predicted octanol–water partition coefficient (Wildman–Crippen LogP) is 1.03. The lowest BCUT2D eigenvalue weighted by atomic mass is 9.82. The van der Waals surface area contributed by atoms with Crippen LogP contribution >= 0.6 is 0 Å². The molecule has 22 heavy (non-hydrogen) atoms. The first kappa shape index (κ1) is 15.5. The van der Waals surface area contributed by atoms with Gasteiger partial charge in [-0.25, -0.2) is 0 Å². The van der Waals surface area contributed by atoms with E-state index in [4.69, 9.17) is 4.74 Å². The van der Waals surface area contributed by atoms with Crippen molar-refractivity contribution in [3.8, 4) is 0 Å². The Labute approximate surface area is 131 Å². The molecule has 0 aromatic heterocycles. The molecule has 2 saturated heterocycles. The summed E-state index contributed by atoms with van der Waals surface area (Å²) in [5.41, 5.74) is 0.471. The van der Waals surface area contributed by atoms with Gasteiger partial charge >= 0.3 is 0 Å². The highest BCUT2D eigenvalue weighted by Crippen LogP contribution is 2.35. The number of piperidine rings is 1. The third-order valence-corrected chi connectivity index (χ3v) is 4.97. The summed E-state index contributed by atoms with van der Waals surface area (Å²) in [7, 11) is 1.84. The van der Waals surface area contributed by atoms with Crippen LogP contribution in [0.25, 0.3) is 0 Å². The Bertz CT molecular complexity index is 512. The molecule has 0 saturated carbocycles. The predicted molar refractivity (Wildman–Crippen MR) is 83.7 cm³/mol. The molecule has 2 fully saturated rings. The summed E-state index contributed by atoms with van der Waals surface area (Å²) in [6, 6.07) is 9.40. The van der Waals surface area contributed by atoms with Crippen molar-refractivity contribution in [1.29, 1.82) is 0 Å². The highest BCUT2D eigenvalue weighted by atomic mass is 16.5. The van der Waals surface area contributed by atoms with Crippen molar-refractivity contribution in [2.45, 2.75) is 37.0 Å². The van der Waals surface area contributed by atoms with Crippen molar-refractivity contribution in [1.82, 2.24) is 10.2 Å².